The minimum Gasteiger partial charge on any atom is -0.462 e. The van der Waals surface area contributed by atoms with Crippen LogP contribution >= 0.6 is 0 Å². The Hall–Kier alpha value is -1.93. The monoisotopic (exact) mass is 396 g/mol. The van der Waals surface area contributed by atoms with E-state index in [-0.39, 0.29) is 23.3 Å². The Morgan fingerprint density at radius 2 is 1.63 bits per heavy atom. The SMILES string of the molecule is CCOC(=O)c1ccc(S(=O)(=O)N2CCC(C(=O)N(CC)CC)CC2)cc1. The number of sulfonamides is 1. The smallest absolute Gasteiger partial charge is 0.338 e. The number of hydrogen-bond donors (Lipinski definition) is 0. The van der Waals surface area contributed by atoms with Crippen LogP contribution in [0.2, 0.25) is 0 Å². The predicted molar refractivity (Wildman–Crippen MR) is 102 cm³/mol. The first-order valence-electron chi connectivity index (χ1n) is 9.41. The molecule has 150 valence electrons. The highest BCUT2D eigenvalue weighted by Crippen LogP contribution is 2.25. The first kappa shape index (κ1) is 21.4. The van der Waals surface area contributed by atoms with Crippen LogP contribution in [-0.2, 0) is 19.6 Å². The lowest BCUT2D eigenvalue weighted by Crippen LogP contribution is -2.44. The van der Waals surface area contributed by atoms with Crippen LogP contribution in [0.4, 0.5) is 0 Å². The number of nitrogens with zero attached hydrogens (tertiary/aromatic N) is 2. The highest BCUT2D eigenvalue weighted by atomic mass is 32.2. The van der Waals surface area contributed by atoms with E-state index < -0.39 is 16.0 Å². The van der Waals surface area contributed by atoms with Crippen LogP contribution in [0.15, 0.2) is 29.2 Å². The Bertz CT molecular complexity index is 749. The Balaban J connectivity index is 2.04. The van der Waals surface area contributed by atoms with Crippen LogP contribution in [0, 0.1) is 5.92 Å². The van der Waals surface area contributed by atoms with Crippen molar-refractivity contribution >= 4 is 21.9 Å². The quantitative estimate of drug-likeness (QED) is 0.659. The average molecular weight is 397 g/mol. The molecule has 0 spiro atoms. The predicted octanol–water partition coefficient (Wildman–Crippen LogP) is 2.13. The molecule has 0 bridgehead atoms. The molecule has 1 fully saturated rings. The molecule has 1 aromatic carbocycles. The fourth-order valence-electron chi connectivity index (χ4n) is 3.26. The summed E-state index contributed by atoms with van der Waals surface area (Å²) in [5.74, 6) is -0.490. The van der Waals surface area contributed by atoms with E-state index in [2.05, 4.69) is 0 Å². The Morgan fingerprint density at radius 3 is 2.11 bits per heavy atom. The maximum Gasteiger partial charge on any atom is 0.338 e. The Morgan fingerprint density at radius 1 is 1.07 bits per heavy atom. The summed E-state index contributed by atoms with van der Waals surface area (Å²) in [6.45, 7) is 7.84. The van der Waals surface area contributed by atoms with Crippen molar-refractivity contribution in [3.63, 3.8) is 0 Å². The first-order valence-corrected chi connectivity index (χ1v) is 10.8. The maximum absolute atomic E-state index is 12.8. The van der Waals surface area contributed by atoms with Crippen molar-refractivity contribution in [1.29, 1.82) is 0 Å². The lowest BCUT2D eigenvalue weighted by atomic mass is 9.96. The van der Waals surface area contributed by atoms with Gasteiger partial charge in [-0.3, -0.25) is 4.79 Å². The molecule has 1 aliphatic rings. The van der Waals surface area contributed by atoms with E-state index in [9.17, 15) is 18.0 Å². The number of piperidine rings is 1. The second kappa shape index (κ2) is 9.32. The number of ether oxygens (including phenoxy) is 1. The van der Waals surface area contributed by atoms with Gasteiger partial charge in [-0.15, -0.1) is 0 Å². The highest BCUT2D eigenvalue weighted by Gasteiger charge is 2.33. The summed E-state index contributed by atoms with van der Waals surface area (Å²) in [7, 11) is -3.64. The third-order valence-electron chi connectivity index (χ3n) is 4.88. The van der Waals surface area contributed by atoms with Crippen molar-refractivity contribution in [2.45, 2.75) is 38.5 Å². The van der Waals surface area contributed by atoms with Gasteiger partial charge in [-0.05, 0) is 57.9 Å². The van der Waals surface area contributed by atoms with E-state index in [1.54, 1.807) is 11.8 Å². The van der Waals surface area contributed by atoms with E-state index in [4.69, 9.17) is 4.74 Å². The lowest BCUT2D eigenvalue weighted by Gasteiger charge is -2.33. The fourth-order valence-corrected chi connectivity index (χ4v) is 4.73. The van der Waals surface area contributed by atoms with Crippen LogP contribution in [-0.4, -0.2) is 62.3 Å². The first-order chi connectivity index (χ1) is 12.8. The van der Waals surface area contributed by atoms with E-state index in [1.165, 1.54) is 28.6 Å². The number of esters is 1. The summed E-state index contributed by atoms with van der Waals surface area (Å²) in [6.07, 6.45) is 1.05. The molecule has 1 aliphatic heterocycles. The number of hydrogen-bond acceptors (Lipinski definition) is 5. The molecule has 0 N–H and O–H groups in total. The van der Waals surface area contributed by atoms with Gasteiger partial charge in [-0.1, -0.05) is 0 Å². The number of amides is 1. The van der Waals surface area contributed by atoms with E-state index in [0.29, 0.717) is 44.6 Å². The zero-order valence-corrected chi connectivity index (χ0v) is 17.0. The van der Waals surface area contributed by atoms with Gasteiger partial charge in [0.05, 0.1) is 17.1 Å². The summed E-state index contributed by atoms with van der Waals surface area (Å²) in [5, 5.41) is 0. The number of carbonyl (C=O) groups is 2. The standard InChI is InChI=1S/C19H28N2O5S/c1-4-20(5-2)18(22)15-11-13-21(14-12-15)27(24,25)17-9-7-16(8-10-17)19(23)26-6-3/h7-10,15H,4-6,11-14H2,1-3H3. The van der Waals surface area contributed by atoms with Crippen LogP contribution in [0.25, 0.3) is 0 Å². The summed E-state index contributed by atoms with van der Waals surface area (Å²) in [5.41, 5.74) is 0.319. The van der Waals surface area contributed by atoms with Gasteiger partial charge in [0.15, 0.2) is 0 Å². The van der Waals surface area contributed by atoms with Crippen molar-refractivity contribution in [1.82, 2.24) is 9.21 Å². The Kier molecular flexibility index (Phi) is 7.38. The third-order valence-corrected chi connectivity index (χ3v) is 6.79. The second-order valence-corrected chi connectivity index (χ2v) is 8.37. The van der Waals surface area contributed by atoms with Gasteiger partial charge in [0.1, 0.15) is 0 Å². The van der Waals surface area contributed by atoms with Crippen molar-refractivity contribution in [3.05, 3.63) is 29.8 Å². The molecule has 0 unspecified atom stereocenters. The van der Waals surface area contributed by atoms with Crippen molar-refractivity contribution in [2.24, 2.45) is 5.92 Å². The van der Waals surface area contributed by atoms with Gasteiger partial charge >= 0.3 is 5.97 Å². The lowest BCUT2D eigenvalue weighted by molar-refractivity contribution is -0.136. The molecule has 1 saturated heterocycles. The zero-order chi connectivity index (χ0) is 20.0. The van der Waals surface area contributed by atoms with Gasteiger partial charge in [0.25, 0.3) is 0 Å². The van der Waals surface area contributed by atoms with E-state index in [1.807, 2.05) is 13.8 Å². The Labute approximate surface area is 161 Å². The second-order valence-electron chi connectivity index (χ2n) is 6.43. The van der Waals surface area contributed by atoms with Crippen LogP contribution in [0.1, 0.15) is 44.0 Å². The van der Waals surface area contributed by atoms with Crippen molar-refractivity contribution in [2.75, 3.05) is 32.8 Å². The molecule has 2 rings (SSSR count). The molecule has 0 aromatic heterocycles. The zero-order valence-electron chi connectivity index (χ0n) is 16.2. The molecular formula is C19H28N2O5S. The minimum atomic E-state index is -3.64. The van der Waals surface area contributed by atoms with Gasteiger partial charge in [0.2, 0.25) is 15.9 Å². The summed E-state index contributed by atoms with van der Waals surface area (Å²) in [4.78, 5) is 26.1. The largest absolute Gasteiger partial charge is 0.462 e. The molecule has 0 radical (unpaired) electrons. The highest BCUT2D eigenvalue weighted by molar-refractivity contribution is 7.89. The van der Waals surface area contributed by atoms with E-state index in [0.717, 1.165) is 0 Å². The molecule has 0 saturated carbocycles. The van der Waals surface area contributed by atoms with Gasteiger partial charge < -0.3 is 9.64 Å². The molecular weight excluding hydrogens is 368 g/mol. The van der Waals surface area contributed by atoms with Gasteiger partial charge in [0, 0.05) is 32.1 Å². The van der Waals surface area contributed by atoms with E-state index >= 15 is 0 Å². The van der Waals surface area contributed by atoms with Crippen molar-refractivity contribution < 1.29 is 22.7 Å². The summed E-state index contributed by atoms with van der Waals surface area (Å²) in [6, 6.07) is 5.77. The molecule has 1 heterocycles. The molecule has 7 nitrogen and oxygen atoms in total. The molecule has 0 aliphatic carbocycles. The molecule has 0 atom stereocenters. The fraction of sp³-hybridized carbons (Fsp3) is 0.579. The molecule has 1 amide bonds. The van der Waals surface area contributed by atoms with Gasteiger partial charge in [-0.25, -0.2) is 13.2 Å². The van der Waals surface area contributed by atoms with Crippen LogP contribution < -0.4 is 0 Å². The maximum atomic E-state index is 12.8. The normalized spacial score (nSPS) is 16.1. The minimum absolute atomic E-state index is 0.107. The van der Waals surface area contributed by atoms with Crippen LogP contribution in [0.3, 0.4) is 0 Å². The number of rotatable bonds is 7. The average Bonchev–Trinajstić information content (AvgIpc) is 2.69. The molecule has 27 heavy (non-hydrogen) atoms. The molecule has 8 heteroatoms. The number of carbonyl (C=O) groups excluding carboxylic acids is 2. The van der Waals surface area contributed by atoms with Crippen LogP contribution in [0.5, 0.6) is 0 Å². The summed E-state index contributed by atoms with van der Waals surface area (Å²) >= 11 is 0. The van der Waals surface area contributed by atoms with Crippen molar-refractivity contribution in [3.8, 4) is 0 Å². The van der Waals surface area contributed by atoms with Gasteiger partial charge in [-0.2, -0.15) is 4.31 Å². The number of benzene rings is 1. The third kappa shape index (κ3) is 4.87. The molecule has 1 aromatic rings. The topological polar surface area (TPSA) is 84.0 Å². The summed E-state index contributed by atoms with van der Waals surface area (Å²) < 4.78 is 32.0.